The number of thioether (sulfide) groups is 1. The molecule has 2 aromatic rings. The van der Waals surface area contributed by atoms with Gasteiger partial charge >= 0.3 is 0 Å². The molecule has 0 radical (unpaired) electrons. The second-order valence-corrected chi connectivity index (χ2v) is 6.86. The second-order valence-electron chi connectivity index (χ2n) is 5.87. The fourth-order valence-electron chi connectivity index (χ4n) is 2.31. The minimum absolute atomic E-state index is 0.127. The summed E-state index contributed by atoms with van der Waals surface area (Å²) < 4.78 is 10.4. The fraction of sp³-hybridized carbons (Fsp3) is 0.300. The van der Waals surface area contributed by atoms with E-state index in [4.69, 9.17) is 9.47 Å². The van der Waals surface area contributed by atoms with Crippen molar-refractivity contribution in [2.24, 2.45) is 0 Å². The van der Waals surface area contributed by atoms with Gasteiger partial charge in [0.2, 0.25) is 11.8 Å². The number of hydrogen-bond acceptors (Lipinski definition) is 5. The summed E-state index contributed by atoms with van der Waals surface area (Å²) in [6.45, 7) is 2.37. The molecule has 0 aromatic heterocycles. The Morgan fingerprint density at radius 1 is 0.926 bits per heavy atom. The van der Waals surface area contributed by atoms with Crippen molar-refractivity contribution in [3.05, 3.63) is 53.6 Å². The maximum Gasteiger partial charge on any atom is 0.234 e. The first-order chi connectivity index (χ1) is 13.0. The number of nitrogens with one attached hydrogen (secondary N) is 2. The average molecular weight is 388 g/mol. The van der Waals surface area contributed by atoms with Gasteiger partial charge < -0.3 is 20.1 Å². The van der Waals surface area contributed by atoms with E-state index < -0.39 is 0 Å². The maximum atomic E-state index is 12.0. The standard InChI is InChI=1S/C20H24N2O4S/c1-14-4-7-16(8-5-14)22-20(24)13-27-12-19(23)21-11-15-6-9-17(25-2)18(10-15)26-3/h4-10H,11-13H2,1-3H3,(H,21,23)(H,22,24). The molecule has 2 aromatic carbocycles. The molecule has 0 saturated heterocycles. The van der Waals surface area contributed by atoms with Gasteiger partial charge in [-0.1, -0.05) is 23.8 Å². The molecule has 0 aliphatic carbocycles. The zero-order chi connectivity index (χ0) is 19.6. The number of amides is 2. The lowest BCUT2D eigenvalue weighted by Crippen LogP contribution is -2.25. The second kappa shape index (κ2) is 10.5. The van der Waals surface area contributed by atoms with E-state index in [0.717, 1.165) is 16.8 Å². The number of methoxy groups -OCH3 is 2. The van der Waals surface area contributed by atoms with E-state index in [-0.39, 0.29) is 23.3 Å². The van der Waals surface area contributed by atoms with Crippen LogP contribution < -0.4 is 20.1 Å². The Bertz CT molecular complexity index is 778. The van der Waals surface area contributed by atoms with Crippen LogP contribution in [0.2, 0.25) is 0 Å². The van der Waals surface area contributed by atoms with Crippen molar-refractivity contribution >= 4 is 29.3 Å². The van der Waals surface area contributed by atoms with Crippen molar-refractivity contribution in [3.8, 4) is 11.5 Å². The van der Waals surface area contributed by atoms with E-state index in [9.17, 15) is 9.59 Å². The molecule has 0 fully saturated rings. The van der Waals surface area contributed by atoms with Crippen LogP contribution in [0.15, 0.2) is 42.5 Å². The SMILES string of the molecule is COc1ccc(CNC(=O)CSCC(=O)Nc2ccc(C)cc2)cc1OC. The van der Waals surface area contributed by atoms with E-state index in [1.807, 2.05) is 43.3 Å². The van der Waals surface area contributed by atoms with Crippen molar-refractivity contribution in [2.75, 3.05) is 31.0 Å². The summed E-state index contributed by atoms with van der Waals surface area (Å²) in [4.78, 5) is 23.9. The Hall–Kier alpha value is -2.67. The van der Waals surface area contributed by atoms with Gasteiger partial charge in [0.1, 0.15) is 0 Å². The molecule has 2 N–H and O–H groups in total. The molecule has 0 saturated carbocycles. The molecule has 0 atom stereocenters. The van der Waals surface area contributed by atoms with Crippen LogP contribution >= 0.6 is 11.8 Å². The van der Waals surface area contributed by atoms with E-state index in [1.54, 1.807) is 20.3 Å². The van der Waals surface area contributed by atoms with Gasteiger partial charge in [0.25, 0.3) is 0 Å². The Labute approximate surface area is 163 Å². The Kier molecular flexibility index (Phi) is 8.00. The summed E-state index contributed by atoms with van der Waals surface area (Å²) in [5, 5.41) is 5.64. The molecular formula is C20H24N2O4S. The normalized spacial score (nSPS) is 10.2. The van der Waals surface area contributed by atoms with Crippen LogP contribution in [0, 0.1) is 6.92 Å². The van der Waals surface area contributed by atoms with Gasteiger partial charge in [-0.3, -0.25) is 9.59 Å². The maximum absolute atomic E-state index is 12.0. The fourth-order valence-corrected chi connectivity index (χ4v) is 2.96. The Morgan fingerprint density at radius 3 is 2.26 bits per heavy atom. The average Bonchev–Trinajstić information content (AvgIpc) is 2.67. The first kappa shape index (κ1) is 20.6. The van der Waals surface area contributed by atoms with E-state index in [0.29, 0.717) is 18.0 Å². The minimum atomic E-state index is -0.128. The lowest BCUT2D eigenvalue weighted by molar-refractivity contribution is -0.118. The topological polar surface area (TPSA) is 76.7 Å². The van der Waals surface area contributed by atoms with Gasteiger partial charge in [-0.05, 0) is 36.8 Å². The first-order valence-corrected chi connectivity index (χ1v) is 9.59. The summed E-state index contributed by atoms with van der Waals surface area (Å²) in [6.07, 6.45) is 0. The molecule has 0 aliphatic rings. The van der Waals surface area contributed by atoms with E-state index >= 15 is 0 Å². The Morgan fingerprint density at radius 2 is 1.59 bits per heavy atom. The number of rotatable bonds is 9. The van der Waals surface area contributed by atoms with Crippen molar-refractivity contribution in [1.82, 2.24) is 5.32 Å². The summed E-state index contributed by atoms with van der Waals surface area (Å²) >= 11 is 1.27. The molecule has 0 bridgehead atoms. The third-order valence-electron chi connectivity index (χ3n) is 3.74. The third-order valence-corrected chi connectivity index (χ3v) is 4.67. The molecule has 0 spiro atoms. The predicted molar refractivity (Wildman–Crippen MR) is 109 cm³/mol. The zero-order valence-electron chi connectivity index (χ0n) is 15.7. The van der Waals surface area contributed by atoms with Crippen molar-refractivity contribution < 1.29 is 19.1 Å². The molecule has 0 unspecified atom stereocenters. The molecular weight excluding hydrogens is 364 g/mol. The minimum Gasteiger partial charge on any atom is -0.493 e. The number of carbonyl (C=O) groups excluding carboxylic acids is 2. The lowest BCUT2D eigenvalue weighted by atomic mass is 10.2. The molecule has 0 aliphatic heterocycles. The smallest absolute Gasteiger partial charge is 0.234 e. The highest BCUT2D eigenvalue weighted by Crippen LogP contribution is 2.27. The van der Waals surface area contributed by atoms with E-state index in [2.05, 4.69) is 10.6 Å². The number of aryl methyl sites for hydroxylation is 1. The number of anilines is 1. The first-order valence-electron chi connectivity index (χ1n) is 8.43. The van der Waals surface area contributed by atoms with Crippen LogP contribution in [0.1, 0.15) is 11.1 Å². The molecule has 6 nitrogen and oxygen atoms in total. The number of carbonyl (C=O) groups is 2. The molecule has 7 heteroatoms. The number of ether oxygens (including phenoxy) is 2. The number of hydrogen-bond donors (Lipinski definition) is 2. The quantitative estimate of drug-likeness (QED) is 0.691. The molecule has 27 heavy (non-hydrogen) atoms. The third kappa shape index (κ3) is 6.86. The van der Waals surface area contributed by atoms with Gasteiger partial charge in [-0.2, -0.15) is 0 Å². The van der Waals surface area contributed by atoms with Crippen molar-refractivity contribution in [1.29, 1.82) is 0 Å². The van der Waals surface area contributed by atoms with Crippen LogP contribution in [0.3, 0.4) is 0 Å². The predicted octanol–water partition coefficient (Wildman–Crippen LogP) is 3.00. The lowest BCUT2D eigenvalue weighted by Gasteiger charge is -2.10. The highest BCUT2D eigenvalue weighted by Gasteiger charge is 2.08. The van der Waals surface area contributed by atoms with Gasteiger partial charge in [0.15, 0.2) is 11.5 Å². The number of benzene rings is 2. The van der Waals surface area contributed by atoms with Crippen LogP contribution in [-0.4, -0.2) is 37.5 Å². The van der Waals surface area contributed by atoms with Gasteiger partial charge in [0, 0.05) is 12.2 Å². The molecule has 2 amide bonds. The summed E-state index contributed by atoms with van der Waals surface area (Å²) in [7, 11) is 3.14. The van der Waals surface area contributed by atoms with Crippen LogP contribution in [0.25, 0.3) is 0 Å². The molecule has 0 heterocycles. The van der Waals surface area contributed by atoms with Crippen LogP contribution in [-0.2, 0) is 16.1 Å². The monoisotopic (exact) mass is 388 g/mol. The van der Waals surface area contributed by atoms with Crippen molar-refractivity contribution in [2.45, 2.75) is 13.5 Å². The molecule has 2 rings (SSSR count). The van der Waals surface area contributed by atoms with Crippen LogP contribution in [0.4, 0.5) is 5.69 Å². The summed E-state index contributed by atoms with van der Waals surface area (Å²) in [5.74, 6) is 1.44. The highest BCUT2D eigenvalue weighted by atomic mass is 32.2. The largest absolute Gasteiger partial charge is 0.493 e. The van der Waals surface area contributed by atoms with E-state index in [1.165, 1.54) is 11.8 Å². The van der Waals surface area contributed by atoms with Gasteiger partial charge in [-0.15, -0.1) is 11.8 Å². The zero-order valence-corrected chi connectivity index (χ0v) is 16.5. The van der Waals surface area contributed by atoms with Gasteiger partial charge in [-0.25, -0.2) is 0 Å². The van der Waals surface area contributed by atoms with Crippen molar-refractivity contribution in [3.63, 3.8) is 0 Å². The summed E-state index contributed by atoms with van der Waals surface area (Å²) in [5.41, 5.74) is 2.79. The summed E-state index contributed by atoms with van der Waals surface area (Å²) in [6, 6.07) is 13.1. The Balaban J connectivity index is 1.70. The van der Waals surface area contributed by atoms with Gasteiger partial charge in [0.05, 0.1) is 25.7 Å². The van der Waals surface area contributed by atoms with Crippen LogP contribution in [0.5, 0.6) is 11.5 Å². The highest BCUT2D eigenvalue weighted by molar-refractivity contribution is 8.00. The molecule has 144 valence electrons.